The van der Waals surface area contributed by atoms with Crippen molar-refractivity contribution in [2.75, 3.05) is 12.3 Å². The molecule has 0 bridgehead atoms. The largest absolute Gasteiger partial charge is 0.344 e. The molecule has 0 aliphatic heterocycles. The summed E-state index contributed by atoms with van der Waals surface area (Å²) in [7, 11) is 0. The first-order chi connectivity index (χ1) is 15.9. The molecule has 3 aromatic rings. The van der Waals surface area contributed by atoms with E-state index in [1.165, 1.54) is 24.2 Å². The van der Waals surface area contributed by atoms with E-state index in [0.29, 0.717) is 23.9 Å². The molecule has 0 radical (unpaired) electrons. The van der Waals surface area contributed by atoms with Crippen LogP contribution in [0, 0.1) is 6.92 Å². The molecule has 0 aliphatic carbocycles. The standard InChI is InChI=1S/C27H29ClN2O2S/c1-20-13-14-24(17-25(20)28)33-19-26(29-21(2)31)27(32)30(18-23-11-7-4-8-12-23)16-15-22-9-5-3-6-10-22/h3-14,17,26H,15-16,18-19H2,1-2H3,(H,29,31). The van der Waals surface area contributed by atoms with Crippen LogP contribution in [0.5, 0.6) is 0 Å². The molecule has 0 saturated carbocycles. The van der Waals surface area contributed by atoms with E-state index in [9.17, 15) is 9.59 Å². The number of carbonyl (C=O) groups is 2. The Labute approximate surface area is 205 Å². The normalized spacial score (nSPS) is 11.6. The maximum Gasteiger partial charge on any atom is 0.246 e. The fourth-order valence-corrected chi connectivity index (χ4v) is 4.66. The van der Waals surface area contributed by atoms with Crippen molar-refractivity contribution in [2.45, 2.75) is 37.8 Å². The minimum atomic E-state index is -0.632. The smallest absolute Gasteiger partial charge is 0.246 e. The average molecular weight is 481 g/mol. The molecular formula is C27H29ClN2O2S. The first kappa shape index (κ1) is 24.9. The molecule has 0 aliphatic rings. The summed E-state index contributed by atoms with van der Waals surface area (Å²) in [6, 6.07) is 25.2. The Kier molecular flexibility index (Phi) is 9.40. The highest BCUT2D eigenvalue weighted by molar-refractivity contribution is 7.99. The lowest BCUT2D eigenvalue weighted by Crippen LogP contribution is -2.49. The fraction of sp³-hybridized carbons (Fsp3) is 0.259. The van der Waals surface area contributed by atoms with Crippen molar-refractivity contribution in [1.29, 1.82) is 0 Å². The number of hydrogen-bond acceptors (Lipinski definition) is 3. The van der Waals surface area contributed by atoms with E-state index in [2.05, 4.69) is 17.4 Å². The van der Waals surface area contributed by atoms with Gasteiger partial charge in [-0.15, -0.1) is 11.8 Å². The van der Waals surface area contributed by atoms with Gasteiger partial charge in [-0.1, -0.05) is 78.3 Å². The molecule has 0 aromatic heterocycles. The van der Waals surface area contributed by atoms with Crippen molar-refractivity contribution >= 4 is 35.2 Å². The molecule has 3 aromatic carbocycles. The quantitative estimate of drug-likeness (QED) is 0.389. The number of benzene rings is 3. The van der Waals surface area contributed by atoms with Gasteiger partial charge in [0.1, 0.15) is 6.04 Å². The SMILES string of the molecule is CC(=O)NC(CSc1ccc(C)c(Cl)c1)C(=O)N(CCc1ccccc1)Cc1ccccc1. The minimum Gasteiger partial charge on any atom is -0.344 e. The van der Waals surface area contributed by atoms with Crippen molar-refractivity contribution in [1.82, 2.24) is 10.2 Å². The van der Waals surface area contributed by atoms with Gasteiger partial charge in [0.05, 0.1) is 0 Å². The Morgan fingerprint density at radius 2 is 1.61 bits per heavy atom. The number of aryl methyl sites for hydroxylation is 1. The Hall–Kier alpha value is -2.76. The Bertz CT molecular complexity index is 1060. The van der Waals surface area contributed by atoms with Crippen molar-refractivity contribution in [2.24, 2.45) is 0 Å². The third-order valence-corrected chi connectivity index (χ3v) is 6.77. The number of thioether (sulfide) groups is 1. The third-order valence-electron chi connectivity index (χ3n) is 5.28. The van der Waals surface area contributed by atoms with E-state index in [4.69, 9.17) is 11.6 Å². The summed E-state index contributed by atoms with van der Waals surface area (Å²) in [5, 5.41) is 3.55. The monoisotopic (exact) mass is 480 g/mol. The van der Waals surface area contributed by atoms with E-state index >= 15 is 0 Å². The van der Waals surface area contributed by atoms with Gasteiger partial charge in [0.2, 0.25) is 11.8 Å². The van der Waals surface area contributed by atoms with Gasteiger partial charge in [-0.25, -0.2) is 0 Å². The molecule has 3 rings (SSSR count). The molecule has 4 nitrogen and oxygen atoms in total. The average Bonchev–Trinajstić information content (AvgIpc) is 2.82. The van der Waals surface area contributed by atoms with Crippen LogP contribution in [-0.4, -0.2) is 35.1 Å². The molecule has 0 heterocycles. The molecule has 2 amide bonds. The van der Waals surface area contributed by atoms with Crippen LogP contribution in [0.2, 0.25) is 5.02 Å². The number of halogens is 1. The van der Waals surface area contributed by atoms with Crippen LogP contribution >= 0.6 is 23.4 Å². The molecule has 1 N–H and O–H groups in total. The van der Waals surface area contributed by atoms with Crippen molar-refractivity contribution in [3.8, 4) is 0 Å². The molecule has 0 spiro atoms. The zero-order chi connectivity index (χ0) is 23.6. The van der Waals surface area contributed by atoms with Crippen LogP contribution < -0.4 is 5.32 Å². The van der Waals surface area contributed by atoms with Crippen LogP contribution in [-0.2, 0) is 22.6 Å². The maximum atomic E-state index is 13.6. The summed E-state index contributed by atoms with van der Waals surface area (Å²) in [5.74, 6) is 0.114. The molecule has 6 heteroatoms. The topological polar surface area (TPSA) is 49.4 Å². The molecule has 1 unspecified atom stereocenters. The van der Waals surface area contributed by atoms with E-state index in [-0.39, 0.29) is 11.8 Å². The van der Waals surface area contributed by atoms with Crippen LogP contribution in [0.4, 0.5) is 0 Å². The van der Waals surface area contributed by atoms with E-state index in [1.807, 2.05) is 78.6 Å². The van der Waals surface area contributed by atoms with Gasteiger partial charge in [0.15, 0.2) is 0 Å². The molecular weight excluding hydrogens is 452 g/mol. The van der Waals surface area contributed by atoms with Crippen LogP contribution in [0.15, 0.2) is 83.8 Å². The van der Waals surface area contributed by atoms with Gasteiger partial charge >= 0.3 is 0 Å². The van der Waals surface area contributed by atoms with Crippen LogP contribution in [0.1, 0.15) is 23.6 Å². The first-order valence-electron chi connectivity index (χ1n) is 10.9. The van der Waals surface area contributed by atoms with E-state index in [0.717, 1.165) is 22.4 Å². The summed E-state index contributed by atoms with van der Waals surface area (Å²) in [6.45, 7) is 4.45. The predicted octanol–water partition coefficient (Wildman–Crippen LogP) is 5.52. The zero-order valence-electron chi connectivity index (χ0n) is 19.0. The number of carbonyl (C=O) groups excluding carboxylic acids is 2. The minimum absolute atomic E-state index is 0.0873. The number of amides is 2. The lowest BCUT2D eigenvalue weighted by Gasteiger charge is -2.28. The number of nitrogens with zero attached hydrogens (tertiary/aromatic N) is 1. The molecule has 172 valence electrons. The number of nitrogens with one attached hydrogen (secondary N) is 1. The van der Waals surface area contributed by atoms with Crippen molar-refractivity contribution in [3.05, 3.63) is 101 Å². The number of hydrogen-bond donors (Lipinski definition) is 1. The molecule has 0 saturated heterocycles. The van der Waals surface area contributed by atoms with Gasteiger partial charge < -0.3 is 10.2 Å². The van der Waals surface area contributed by atoms with Crippen molar-refractivity contribution < 1.29 is 9.59 Å². The van der Waals surface area contributed by atoms with Gasteiger partial charge in [-0.3, -0.25) is 9.59 Å². The van der Waals surface area contributed by atoms with Crippen molar-refractivity contribution in [3.63, 3.8) is 0 Å². The second-order valence-electron chi connectivity index (χ2n) is 7.96. The Morgan fingerprint density at radius 1 is 0.970 bits per heavy atom. The summed E-state index contributed by atoms with van der Waals surface area (Å²) in [6.07, 6.45) is 0.743. The highest BCUT2D eigenvalue weighted by Crippen LogP contribution is 2.25. The Balaban J connectivity index is 1.76. The lowest BCUT2D eigenvalue weighted by atomic mass is 10.1. The van der Waals surface area contributed by atoms with Gasteiger partial charge in [-0.2, -0.15) is 0 Å². The highest BCUT2D eigenvalue weighted by atomic mass is 35.5. The fourth-order valence-electron chi connectivity index (χ4n) is 3.46. The second kappa shape index (κ2) is 12.5. The van der Waals surface area contributed by atoms with Gasteiger partial charge in [0, 0.05) is 35.7 Å². The maximum absolute atomic E-state index is 13.6. The van der Waals surface area contributed by atoms with Crippen LogP contribution in [0.3, 0.4) is 0 Å². The predicted molar refractivity (Wildman–Crippen MR) is 137 cm³/mol. The van der Waals surface area contributed by atoms with Crippen LogP contribution in [0.25, 0.3) is 0 Å². The molecule has 33 heavy (non-hydrogen) atoms. The van der Waals surface area contributed by atoms with E-state index < -0.39 is 6.04 Å². The summed E-state index contributed by atoms with van der Waals surface area (Å²) < 4.78 is 0. The molecule has 0 fully saturated rings. The lowest BCUT2D eigenvalue weighted by molar-refractivity contribution is -0.136. The summed E-state index contributed by atoms with van der Waals surface area (Å²) in [5.41, 5.74) is 3.23. The van der Waals surface area contributed by atoms with E-state index in [1.54, 1.807) is 0 Å². The third kappa shape index (κ3) is 7.95. The summed E-state index contributed by atoms with van der Waals surface area (Å²) in [4.78, 5) is 28.3. The molecule has 1 atom stereocenters. The van der Waals surface area contributed by atoms with Gasteiger partial charge in [-0.05, 0) is 42.2 Å². The summed E-state index contributed by atoms with van der Waals surface area (Å²) >= 11 is 7.77. The Morgan fingerprint density at radius 3 is 2.21 bits per heavy atom. The number of rotatable bonds is 10. The zero-order valence-corrected chi connectivity index (χ0v) is 20.5. The van der Waals surface area contributed by atoms with Gasteiger partial charge in [0.25, 0.3) is 0 Å². The second-order valence-corrected chi connectivity index (χ2v) is 9.46. The first-order valence-corrected chi connectivity index (χ1v) is 12.3. The highest BCUT2D eigenvalue weighted by Gasteiger charge is 2.25.